The van der Waals surface area contributed by atoms with Gasteiger partial charge in [0, 0.05) is 12.0 Å². The molecule has 1 unspecified atom stereocenters. The number of Topliss-reactive ketones (excluding diaryl/α,β-unsaturated/α-hetero) is 1. The maximum absolute atomic E-state index is 11.8. The molecule has 0 aromatic heterocycles. The maximum Gasteiger partial charge on any atom is 0.306 e. The van der Waals surface area contributed by atoms with E-state index in [9.17, 15) is 14.7 Å². The van der Waals surface area contributed by atoms with E-state index in [0.29, 0.717) is 18.4 Å². The first kappa shape index (κ1) is 20.3. The Labute approximate surface area is 143 Å². The zero-order chi connectivity index (χ0) is 17.6. The van der Waals surface area contributed by atoms with Crippen molar-refractivity contribution in [3.05, 3.63) is 35.9 Å². The Hall–Kier alpha value is -1.72. The molecule has 0 saturated heterocycles. The lowest BCUT2D eigenvalue weighted by molar-refractivity contribution is -0.142. The Balaban J connectivity index is 1.98. The lowest BCUT2D eigenvalue weighted by Crippen LogP contribution is -2.13. The number of benzene rings is 1. The number of hydrogen-bond acceptors (Lipinski definition) is 5. The van der Waals surface area contributed by atoms with E-state index in [1.165, 1.54) is 0 Å². The van der Waals surface area contributed by atoms with Crippen LogP contribution < -0.4 is 0 Å². The van der Waals surface area contributed by atoms with E-state index in [4.69, 9.17) is 9.84 Å². The molecular formula is C19H28O5. The van der Waals surface area contributed by atoms with Gasteiger partial charge in [0.15, 0.2) is 12.4 Å². The molecule has 1 aromatic rings. The summed E-state index contributed by atoms with van der Waals surface area (Å²) in [5.41, 5.74) is 0.552. The summed E-state index contributed by atoms with van der Waals surface area (Å²) in [5.74, 6) is -0.514. The topological polar surface area (TPSA) is 83.8 Å². The number of unbranched alkanes of at least 4 members (excludes halogenated alkanes) is 5. The van der Waals surface area contributed by atoms with Crippen LogP contribution in [0.4, 0.5) is 0 Å². The van der Waals surface area contributed by atoms with Gasteiger partial charge in [-0.2, -0.15) is 0 Å². The molecule has 0 spiro atoms. The van der Waals surface area contributed by atoms with Gasteiger partial charge in [-0.05, 0) is 12.8 Å². The first-order chi connectivity index (χ1) is 11.6. The van der Waals surface area contributed by atoms with Gasteiger partial charge in [-0.3, -0.25) is 9.59 Å². The normalized spacial score (nSPS) is 11.9. The monoisotopic (exact) mass is 336 g/mol. The number of aliphatic hydroxyl groups is 2. The predicted molar refractivity (Wildman–Crippen MR) is 91.8 cm³/mol. The molecule has 0 aliphatic rings. The van der Waals surface area contributed by atoms with E-state index in [-0.39, 0.29) is 25.0 Å². The fourth-order valence-corrected chi connectivity index (χ4v) is 2.37. The van der Waals surface area contributed by atoms with Gasteiger partial charge in [-0.15, -0.1) is 0 Å². The molecule has 0 aliphatic carbocycles. The van der Waals surface area contributed by atoms with Crippen LogP contribution in [0.15, 0.2) is 30.3 Å². The highest BCUT2D eigenvalue weighted by Crippen LogP contribution is 2.10. The van der Waals surface area contributed by atoms with Crippen LogP contribution in [-0.4, -0.2) is 41.3 Å². The SMILES string of the molecule is O=C(CCCCCCCCC(O)CO)OCC(=O)c1ccccc1. The average molecular weight is 336 g/mol. The summed E-state index contributed by atoms with van der Waals surface area (Å²) in [7, 11) is 0. The number of aliphatic hydroxyl groups excluding tert-OH is 2. The molecule has 0 radical (unpaired) electrons. The van der Waals surface area contributed by atoms with Gasteiger partial charge in [0.2, 0.25) is 0 Å². The Bertz CT molecular complexity index is 472. The third kappa shape index (κ3) is 9.43. The molecule has 134 valence electrons. The lowest BCUT2D eigenvalue weighted by Gasteiger charge is -2.06. The average Bonchev–Trinajstić information content (AvgIpc) is 2.62. The summed E-state index contributed by atoms with van der Waals surface area (Å²) >= 11 is 0. The van der Waals surface area contributed by atoms with Crippen LogP contribution >= 0.6 is 0 Å². The summed E-state index contributed by atoms with van der Waals surface area (Å²) in [6.45, 7) is -0.370. The van der Waals surface area contributed by atoms with Crippen molar-refractivity contribution in [3.63, 3.8) is 0 Å². The van der Waals surface area contributed by atoms with Gasteiger partial charge in [-0.1, -0.05) is 62.4 Å². The molecule has 5 heteroatoms. The molecule has 2 N–H and O–H groups in total. The zero-order valence-electron chi connectivity index (χ0n) is 14.2. The number of esters is 1. The van der Waals surface area contributed by atoms with E-state index >= 15 is 0 Å². The van der Waals surface area contributed by atoms with Crippen LogP contribution in [0.25, 0.3) is 0 Å². The van der Waals surface area contributed by atoms with E-state index in [1.54, 1.807) is 24.3 Å². The Kier molecular flexibility index (Phi) is 10.7. The maximum atomic E-state index is 11.8. The molecule has 1 aromatic carbocycles. The van der Waals surface area contributed by atoms with Crippen LogP contribution in [0.1, 0.15) is 61.7 Å². The first-order valence-electron chi connectivity index (χ1n) is 8.66. The van der Waals surface area contributed by atoms with Crippen LogP contribution in [0.3, 0.4) is 0 Å². The minimum Gasteiger partial charge on any atom is -0.457 e. The standard InChI is InChI=1S/C19H28O5/c20-14-17(21)12-8-3-1-2-4-9-13-19(23)24-15-18(22)16-10-6-5-7-11-16/h5-7,10-11,17,20-21H,1-4,8-9,12-15H2. The van der Waals surface area contributed by atoms with Gasteiger partial charge < -0.3 is 14.9 Å². The number of carbonyl (C=O) groups is 2. The highest BCUT2D eigenvalue weighted by molar-refractivity contribution is 5.97. The molecule has 1 atom stereocenters. The van der Waals surface area contributed by atoms with Crippen LogP contribution in [0, 0.1) is 0 Å². The molecule has 0 amide bonds. The van der Waals surface area contributed by atoms with E-state index in [1.807, 2.05) is 6.07 Å². The van der Waals surface area contributed by atoms with Crippen LogP contribution in [-0.2, 0) is 9.53 Å². The number of ether oxygens (including phenoxy) is 1. The third-order valence-corrected chi connectivity index (χ3v) is 3.84. The van der Waals surface area contributed by atoms with Crippen molar-refractivity contribution < 1.29 is 24.5 Å². The minimum atomic E-state index is -0.599. The van der Waals surface area contributed by atoms with E-state index in [2.05, 4.69) is 0 Å². The largest absolute Gasteiger partial charge is 0.457 e. The summed E-state index contributed by atoms with van der Waals surface area (Å²) in [4.78, 5) is 23.4. The van der Waals surface area contributed by atoms with Crippen molar-refractivity contribution in [2.75, 3.05) is 13.2 Å². The predicted octanol–water partition coefficient (Wildman–Crippen LogP) is 2.89. The van der Waals surface area contributed by atoms with Gasteiger partial charge in [0.25, 0.3) is 0 Å². The molecule has 1 rings (SSSR count). The highest BCUT2D eigenvalue weighted by Gasteiger charge is 2.09. The summed E-state index contributed by atoms with van der Waals surface area (Å²) in [5, 5.41) is 17.9. The second-order valence-electron chi connectivity index (χ2n) is 5.95. The van der Waals surface area contributed by atoms with Crippen molar-refractivity contribution in [1.29, 1.82) is 0 Å². The quantitative estimate of drug-likeness (QED) is 0.329. The second-order valence-corrected chi connectivity index (χ2v) is 5.95. The molecular weight excluding hydrogens is 308 g/mol. The number of rotatable bonds is 13. The molecule has 0 bridgehead atoms. The number of carbonyl (C=O) groups excluding carboxylic acids is 2. The highest BCUT2D eigenvalue weighted by atomic mass is 16.5. The fourth-order valence-electron chi connectivity index (χ4n) is 2.37. The summed E-state index contributed by atoms with van der Waals surface area (Å²) < 4.78 is 5.00. The summed E-state index contributed by atoms with van der Waals surface area (Å²) in [6, 6.07) is 8.79. The molecule has 24 heavy (non-hydrogen) atoms. The first-order valence-corrected chi connectivity index (χ1v) is 8.66. The third-order valence-electron chi connectivity index (χ3n) is 3.84. The van der Waals surface area contributed by atoms with E-state index < -0.39 is 6.10 Å². The van der Waals surface area contributed by atoms with Gasteiger partial charge in [0.1, 0.15) is 0 Å². The van der Waals surface area contributed by atoms with Crippen molar-refractivity contribution in [1.82, 2.24) is 0 Å². The van der Waals surface area contributed by atoms with Crippen molar-refractivity contribution >= 4 is 11.8 Å². The molecule has 5 nitrogen and oxygen atoms in total. The zero-order valence-corrected chi connectivity index (χ0v) is 14.2. The second kappa shape index (κ2) is 12.7. The molecule has 0 heterocycles. The van der Waals surface area contributed by atoms with E-state index in [0.717, 1.165) is 38.5 Å². The minimum absolute atomic E-state index is 0.172. The molecule has 0 saturated carbocycles. The van der Waals surface area contributed by atoms with Crippen molar-refractivity contribution in [2.24, 2.45) is 0 Å². The number of ketones is 1. The summed E-state index contributed by atoms with van der Waals surface area (Å²) in [6.07, 6.45) is 6.10. The van der Waals surface area contributed by atoms with Crippen molar-refractivity contribution in [2.45, 2.75) is 57.5 Å². The number of hydrogen-bond donors (Lipinski definition) is 2. The fraction of sp³-hybridized carbons (Fsp3) is 0.579. The van der Waals surface area contributed by atoms with Crippen molar-refractivity contribution in [3.8, 4) is 0 Å². The lowest BCUT2D eigenvalue weighted by atomic mass is 10.1. The van der Waals surface area contributed by atoms with Crippen LogP contribution in [0.2, 0.25) is 0 Å². The molecule has 0 aliphatic heterocycles. The Morgan fingerprint density at radius 1 is 0.958 bits per heavy atom. The van der Waals surface area contributed by atoms with Crippen LogP contribution in [0.5, 0.6) is 0 Å². The molecule has 0 fully saturated rings. The Morgan fingerprint density at radius 2 is 1.58 bits per heavy atom. The Morgan fingerprint density at radius 3 is 2.25 bits per heavy atom. The van der Waals surface area contributed by atoms with Gasteiger partial charge in [0.05, 0.1) is 12.7 Å². The van der Waals surface area contributed by atoms with Gasteiger partial charge in [-0.25, -0.2) is 0 Å². The smallest absolute Gasteiger partial charge is 0.306 e. The van der Waals surface area contributed by atoms with Gasteiger partial charge >= 0.3 is 5.97 Å².